The second-order valence-corrected chi connectivity index (χ2v) is 9.14. The van der Waals surface area contributed by atoms with E-state index in [0.717, 1.165) is 30.9 Å². The van der Waals surface area contributed by atoms with E-state index in [1.54, 1.807) is 6.07 Å². The molecule has 36 heavy (non-hydrogen) atoms. The summed E-state index contributed by atoms with van der Waals surface area (Å²) in [4.78, 5) is 16.0. The third kappa shape index (κ3) is 8.88. The molecule has 1 heterocycles. The Morgan fingerprint density at radius 3 is 2.17 bits per heavy atom. The van der Waals surface area contributed by atoms with Crippen molar-refractivity contribution < 1.29 is 41.3 Å². The molecule has 2 aromatic carbocycles. The molecule has 1 saturated heterocycles. The minimum Gasteiger partial charge on any atom is -0.545 e. The van der Waals surface area contributed by atoms with Crippen LogP contribution in [-0.4, -0.2) is 57.5 Å². The van der Waals surface area contributed by atoms with Crippen molar-refractivity contribution in [3.63, 3.8) is 0 Å². The number of benzene rings is 2. The molecule has 0 atom stereocenters. The molecule has 196 valence electrons. The number of carboxylic acids is 1. The van der Waals surface area contributed by atoms with Gasteiger partial charge in [0.25, 0.3) is 0 Å². The molecule has 1 fully saturated rings. The number of nitrogens with zero attached hydrogens (tertiary/aromatic N) is 3. The summed E-state index contributed by atoms with van der Waals surface area (Å²) in [5, 5.41) is 19.7. The SMILES string of the molecule is CC(C)Oc1cc(N2CCOCC2)c(OC(C)C)cc1[N+]#N.O=C([O-])c1ccccc1OS(=O)(=O)O. The number of carbonyl (C=O) groups is 1. The largest absolute Gasteiger partial charge is 0.545 e. The van der Waals surface area contributed by atoms with Crippen molar-refractivity contribution in [3.05, 3.63) is 46.9 Å². The molecule has 0 unspecified atom stereocenters. The number of para-hydroxylation sites is 1. The van der Waals surface area contributed by atoms with Crippen LogP contribution in [0.3, 0.4) is 0 Å². The zero-order valence-corrected chi connectivity index (χ0v) is 21.2. The summed E-state index contributed by atoms with van der Waals surface area (Å²) >= 11 is 0. The summed E-state index contributed by atoms with van der Waals surface area (Å²) in [6.45, 7) is 10.8. The van der Waals surface area contributed by atoms with Gasteiger partial charge in [0.15, 0.2) is 16.5 Å². The second kappa shape index (κ2) is 12.9. The second-order valence-electron chi connectivity index (χ2n) is 8.11. The molecule has 0 amide bonds. The smallest absolute Gasteiger partial charge is 0.446 e. The van der Waals surface area contributed by atoms with Crippen LogP contribution in [0.1, 0.15) is 38.1 Å². The Kier molecular flexibility index (Phi) is 10.3. The third-order valence-corrected chi connectivity index (χ3v) is 4.92. The number of diazo groups is 1. The van der Waals surface area contributed by atoms with Crippen LogP contribution >= 0.6 is 0 Å². The van der Waals surface area contributed by atoms with E-state index in [0.29, 0.717) is 30.4 Å². The monoisotopic (exact) mass is 523 g/mol. The van der Waals surface area contributed by atoms with E-state index in [1.807, 2.05) is 33.8 Å². The molecule has 0 spiro atoms. The fourth-order valence-electron chi connectivity index (χ4n) is 3.19. The van der Waals surface area contributed by atoms with E-state index >= 15 is 0 Å². The van der Waals surface area contributed by atoms with E-state index in [9.17, 15) is 23.7 Å². The molecule has 0 radical (unpaired) electrons. The van der Waals surface area contributed by atoms with Crippen molar-refractivity contribution in [3.8, 4) is 17.2 Å². The van der Waals surface area contributed by atoms with Gasteiger partial charge in [-0.1, -0.05) is 12.1 Å². The minimum atomic E-state index is -4.72. The molecule has 1 N–H and O–H groups in total. The highest BCUT2D eigenvalue weighted by Gasteiger charge is 2.26. The maximum atomic E-state index is 10.4. The van der Waals surface area contributed by atoms with E-state index in [2.05, 4.69) is 14.1 Å². The van der Waals surface area contributed by atoms with Gasteiger partial charge in [-0.25, -0.2) is 0 Å². The van der Waals surface area contributed by atoms with Crippen LogP contribution in [0.15, 0.2) is 36.4 Å². The zero-order chi connectivity index (χ0) is 26.9. The third-order valence-electron chi connectivity index (χ3n) is 4.53. The molecule has 12 nitrogen and oxygen atoms in total. The number of anilines is 1. The highest BCUT2D eigenvalue weighted by Crippen LogP contribution is 2.41. The Morgan fingerprint density at radius 1 is 1.06 bits per heavy atom. The van der Waals surface area contributed by atoms with E-state index in [1.165, 1.54) is 12.1 Å². The molecule has 0 bridgehead atoms. The highest BCUT2D eigenvalue weighted by molar-refractivity contribution is 7.81. The Balaban J connectivity index is 0.000000281. The Labute approximate surface area is 209 Å². The summed E-state index contributed by atoms with van der Waals surface area (Å²) in [7, 11) is -4.72. The lowest BCUT2D eigenvalue weighted by Gasteiger charge is -2.30. The van der Waals surface area contributed by atoms with Crippen LogP contribution in [0.25, 0.3) is 4.98 Å². The van der Waals surface area contributed by atoms with Crippen LogP contribution in [-0.2, 0) is 15.1 Å². The van der Waals surface area contributed by atoms with Crippen molar-refractivity contribution in [2.75, 3.05) is 31.2 Å². The van der Waals surface area contributed by atoms with Gasteiger partial charge in [0.2, 0.25) is 11.1 Å². The first kappa shape index (κ1) is 28.6. The fraction of sp³-hybridized carbons (Fsp3) is 0.435. The minimum absolute atomic E-state index is 0.00472. The van der Waals surface area contributed by atoms with Crippen LogP contribution in [0, 0.1) is 5.39 Å². The summed E-state index contributed by atoms with van der Waals surface area (Å²) in [6, 6.07) is 8.50. The molecular weight excluding hydrogens is 494 g/mol. The average molecular weight is 524 g/mol. The van der Waals surface area contributed by atoms with E-state index in [4.69, 9.17) is 18.8 Å². The standard InChI is InChI=1S/C16H24N3O3.C7H6O6S/c1-11(2)21-15-10-14(19-5-7-20-8-6-19)16(22-12(3)4)9-13(15)18-17;8-7(9)5-3-1-2-4-6(5)13-14(10,11)12/h9-12H,5-8H2,1-4H3;1-4H,(H,8,9)(H,10,11,12)/q+1;/p-1. The van der Waals surface area contributed by atoms with Crippen molar-refractivity contribution in [1.82, 2.24) is 0 Å². The van der Waals surface area contributed by atoms with Crippen molar-refractivity contribution in [2.24, 2.45) is 0 Å². The lowest BCUT2D eigenvalue weighted by molar-refractivity contribution is -0.255. The number of morpholine rings is 1. The summed E-state index contributed by atoms with van der Waals surface area (Å²) < 4.78 is 50.0. The Morgan fingerprint density at radius 2 is 1.64 bits per heavy atom. The van der Waals surface area contributed by atoms with E-state index < -0.39 is 27.7 Å². The maximum Gasteiger partial charge on any atom is 0.446 e. The Bertz CT molecular complexity index is 1190. The van der Waals surface area contributed by atoms with Gasteiger partial charge in [0.1, 0.15) is 0 Å². The molecule has 1 aliphatic heterocycles. The van der Waals surface area contributed by atoms with Gasteiger partial charge < -0.3 is 33.2 Å². The van der Waals surface area contributed by atoms with Crippen molar-refractivity contribution in [1.29, 1.82) is 5.39 Å². The van der Waals surface area contributed by atoms with Crippen molar-refractivity contribution >= 4 is 27.7 Å². The number of rotatable bonds is 8. The maximum absolute atomic E-state index is 10.4. The molecule has 3 rings (SSSR count). The van der Waals surface area contributed by atoms with Gasteiger partial charge in [-0.05, 0) is 39.8 Å². The van der Waals surface area contributed by atoms with Crippen molar-refractivity contribution in [2.45, 2.75) is 39.9 Å². The summed E-state index contributed by atoms with van der Waals surface area (Å²) in [5.74, 6) is -0.838. The molecule has 0 aromatic heterocycles. The van der Waals surface area contributed by atoms with Crippen LogP contribution in [0.5, 0.6) is 17.2 Å². The molecule has 0 saturated carbocycles. The lowest BCUT2D eigenvalue weighted by Crippen LogP contribution is -2.36. The highest BCUT2D eigenvalue weighted by atomic mass is 32.3. The normalized spacial score (nSPS) is 13.4. The van der Waals surface area contributed by atoms with Gasteiger partial charge in [-0.2, -0.15) is 8.42 Å². The van der Waals surface area contributed by atoms with E-state index in [-0.39, 0.29) is 12.2 Å². The number of carboxylic acid groups (broad SMARTS) is 1. The quantitative estimate of drug-likeness (QED) is 0.400. The summed E-state index contributed by atoms with van der Waals surface area (Å²) in [5.41, 5.74) is 0.867. The van der Waals surface area contributed by atoms with Gasteiger partial charge in [0, 0.05) is 24.7 Å². The van der Waals surface area contributed by atoms with Gasteiger partial charge >= 0.3 is 16.1 Å². The number of aromatic carboxylic acids is 1. The van der Waals surface area contributed by atoms with Crippen LogP contribution in [0.2, 0.25) is 0 Å². The predicted molar refractivity (Wildman–Crippen MR) is 129 cm³/mol. The van der Waals surface area contributed by atoms with Gasteiger partial charge in [0.05, 0.1) is 43.1 Å². The lowest BCUT2D eigenvalue weighted by atomic mass is 10.2. The zero-order valence-electron chi connectivity index (χ0n) is 20.4. The first-order chi connectivity index (χ1) is 16.9. The molecule has 13 heteroatoms. The number of hydrogen-bond donors (Lipinski definition) is 1. The molecular formula is C23H29N3O9S. The number of hydrogen-bond acceptors (Lipinski definition) is 10. The molecule has 1 aliphatic rings. The first-order valence-corrected chi connectivity index (χ1v) is 12.4. The average Bonchev–Trinajstić information content (AvgIpc) is 2.79. The van der Waals surface area contributed by atoms with Gasteiger partial charge in [-0.3, -0.25) is 4.55 Å². The fourth-order valence-corrected chi connectivity index (χ4v) is 3.56. The number of carbonyl (C=O) groups excluding carboxylic acids is 1. The summed E-state index contributed by atoms with van der Waals surface area (Å²) in [6.07, 6.45) is 0.0260. The first-order valence-electron chi connectivity index (χ1n) is 11.1. The van der Waals surface area contributed by atoms with Gasteiger partial charge in [-0.15, -0.1) is 0 Å². The van der Waals surface area contributed by atoms with Crippen LogP contribution < -0.4 is 23.7 Å². The predicted octanol–water partition coefficient (Wildman–Crippen LogP) is 2.81. The topological polar surface area (TPSA) is 163 Å². The number of ether oxygens (including phenoxy) is 3. The molecule has 2 aromatic rings. The Hall–Kier alpha value is -3.60. The van der Waals surface area contributed by atoms with Crippen LogP contribution in [0.4, 0.5) is 11.4 Å². The molecule has 0 aliphatic carbocycles.